The van der Waals surface area contributed by atoms with Crippen molar-refractivity contribution in [3.8, 4) is 0 Å². The number of hydrogen-bond acceptors (Lipinski definition) is 4. The minimum absolute atomic E-state index is 0.00267. The summed E-state index contributed by atoms with van der Waals surface area (Å²) in [4.78, 5) is 10.7. The molecule has 0 bridgehead atoms. The summed E-state index contributed by atoms with van der Waals surface area (Å²) in [6.07, 6.45) is 0.488. The Hall–Kier alpha value is -2.44. The molecular formula is C13H15FN4O2. The summed E-state index contributed by atoms with van der Waals surface area (Å²) < 4.78 is 14.3. The van der Waals surface area contributed by atoms with Crippen LogP contribution >= 0.6 is 0 Å². The van der Waals surface area contributed by atoms with E-state index in [9.17, 15) is 14.5 Å². The second-order valence-corrected chi connectivity index (χ2v) is 4.36. The zero-order chi connectivity index (χ0) is 14.7. The van der Waals surface area contributed by atoms with Gasteiger partial charge in [-0.1, -0.05) is 19.1 Å². The Labute approximate surface area is 115 Å². The van der Waals surface area contributed by atoms with Crippen LogP contribution in [0.4, 0.5) is 15.9 Å². The van der Waals surface area contributed by atoms with Gasteiger partial charge in [0, 0.05) is 13.6 Å². The molecule has 106 valence electrons. The molecule has 0 spiro atoms. The van der Waals surface area contributed by atoms with Crippen molar-refractivity contribution in [2.75, 3.05) is 5.32 Å². The molecule has 0 aliphatic rings. The molecule has 0 unspecified atom stereocenters. The van der Waals surface area contributed by atoms with Crippen LogP contribution < -0.4 is 5.32 Å². The maximum atomic E-state index is 12.8. The number of halogens is 1. The first-order valence-corrected chi connectivity index (χ1v) is 6.21. The molecule has 1 aromatic carbocycles. The molecule has 0 fully saturated rings. The largest absolute Gasteiger partial charge is 0.360 e. The van der Waals surface area contributed by atoms with Gasteiger partial charge in [-0.25, -0.2) is 9.07 Å². The molecule has 6 nitrogen and oxygen atoms in total. The van der Waals surface area contributed by atoms with Crippen LogP contribution in [0.25, 0.3) is 0 Å². The molecule has 0 amide bonds. The summed E-state index contributed by atoms with van der Waals surface area (Å²) in [6.45, 7) is 2.18. The molecule has 2 rings (SSSR count). The van der Waals surface area contributed by atoms with Gasteiger partial charge in [0.1, 0.15) is 11.5 Å². The van der Waals surface area contributed by atoms with E-state index in [1.807, 2.05) is 6.92 Å². The van der Waals surface area contributed by atoms with Crippen molar-refractivity contribution in [3.63, 3.8) is 0 Å². The van der Waals surface area contributed by atoms with Crippen LogP contribution in [0.1, 0.15) is 18.2 Å². The van der Waals surface area contributed by atoms with Gasteiger partial charge in [-0.3, -0.25) is 10.1 Å². The predicted molar refractivity (Wildman–Crippen MR) is 73.0 cm³/mol. The molecule has 1 N–H and O–H groups in total. The minimum atomic E-state index is -0.432. The third kappa shape index (κ3) is 2.76. The Morgan fingerprint density at radius 2 is 2.05 bits per heavy atom. The maximum absolute atomic E-state index is 12.8. The molecule has 20 heavy (non-hydrogen) atoms. The molecule has 0 atom stereocenters. The molecule has 0 saturated heterocycles. The summed E-state index contributed by atoms with van der Waals surface area (Å²) in [5.74, 6) is 0.0460. The van der Waals surface area contributed by atoms with E-state index in [0.29, 0.717) is 24.5 Å². The maximum Gasteiger partial charge on any atom is 0.333 e. The Morgan fingerprint density at radius 3 is 2.60 bits per heavy atom. The number of nitro groups is 1. The standard InChI is InChI=1S/C13H15FN4O2/c1-3-11-12(18(19)20)13(17(2)16-11)15-8-9-4-6-10(14)7-5-9/h4-7,15H,3,8H2,1-2H3. The van der Waals surface area contributed by atoms with Crippen LogP contribution in [-0.2, 0) is 20.0 Å². The second-order valence-electron chi connectivity index (χ2n) is 4.36. The number of benzene rings is 1. The molecule has 0 aliphatic carbocycles. The molecule has 1 aromatic heterocycles. The van der Waals surface area contributed by atoms with E-state index in [1.165, 1.54) is 16.8 Å². The van der Waals surface area contributed by atoms with Gasteiger partial charge in [-0.2, -0.15) is 5.10 Å². The van der Waals surface area contributed by atoms with E-state index in [2.05, 4.69) is 10.4 Å². The van der Waals surface area contributed by atoms with E-state index in [-0.39, 0.29) is 11.5 Å². The summed E-state index contributed by atoms with van der Waals surface area (Å²) >= 11 is 0. The highest BCUT2D eigenvalue weighted by Gasteiger charge is 2.25. The quantitative estimate of drug-likeness (QED) is 0.674. The third-order valence-corrected chi connectivity index (χ3v) is 2.98. The lowest BCUT2D eigenvalue weighted by Gasteiger charge is -2.06. The van der Waals surface area contributed by atoms with Crippen molar-refractivity contribution in [3.05, 3.63) is 51.5 Å². The highest BCUT2D eigenvalue weighted by molar-refractivity contribution is 5.60. The van der Waals surface area contributed by atoms with Gasteiger partial charge >= 0.3 is 5.69 Å². The van der Waals surface area contributed by atoms with Crippen molar-refractivity contribution in [1.29, 1.82) is 0 Å². The molecule has 0 radical (unpaired) electrons. The second kappa shape index (κ2) is 5.68. The lowest BCUT2D eigenvalue weighted by atomic mass is 10.2. The van der Waals surface area contributed by atoms with Crippen molar-refractivity contribution >= 4 is 11.5 Å². The zero-order valence-electron chi connectivity index (χ0n) is 11.3. The Balaban J connectivity index is 2.22. The zero-order valence-corrected chi connectivity index (χ0v) is 11.3. The van der Waals surface area contributed by atoms with E-state index in [4.69, 9.17) is 0 Å². The lowest BCUT2D eigenvalue weighted by Crippen LogP contribution is -2.06. The summed E-state index contributed by atoms with van der Waals surface area (Å²) in [5, 5.41) is 18.3. The first kappa shape index (κ1) is 14.0. The minimum Gasteiger partial charge on any atom is -0.360 e. The molecule has 1 heterocycles. The fraction of sp³-hybridized carbons (Fsp3) is 0.308. The van der Waals surface area contributed by atoms with Crippen molar-refractivity contribution in [1.82, 2.24) is 9.78 Å². The Kier molecular flexibility index (Phi) is 3.97. The third-order valence-electron chi connectivity index (χ3n) is 2.98. The first-order chi connectivity index (χ1) is 9.52. The smallest absolute Gasteiger partial charge is 0.333 e. The van der Waals surface area contributed by atoms with Gasteiger partial charge in [-0.05, 0) is 24.1 Å². The number of anilines is 1. The molecule has 7 heteroatoms. The summed E-state index contributed by atoms with van der Waals surface area (Å²) in [7, 11) is 1.65. The van der Waals surface area contributed by atoms with Gasteiger partial charge in [-0.15, -0.1) is 0 Å². The highest BCUT2D eigenvalue weighted by atomic mass is 19.1. The van der Waals surface area contributed by atoms with Crippen LogP contribution in [-0.4, -0.2) is 14.7 Å². The molecule has 2 aromatic rings. The van der Waals surface area contributed by atoms with E-state index < -0.39 is 4.92 Å². The van der Waals surface area contributed by atoms with Gasteiger partial charge in [0.15, 0.2) is 0 Å². The van der Waals surface area contributed by atoms with Gasteiger partial charge in [0.05, 0.1) is 4.92 Å². The predicted octanol–water partition coefficient (Wildman–Crippen LogP) is 2.64. The SMILES string of the molecule is CCc1nn(C)c(NCc2ccc(F)cc2)c1[N+](=O)[O-]. The number of nitrogens with zero attached hydrogens (tertiary/aromatic N) is 3. The monoisotopic (exact) mass is 278 g/mol. The lowest BCUT2D eigenvalue weighted by molar-refractivity contribution is -0.384. The fourth-order valence-electron chi connectivity index (χ4n) is 1.98. The van der Waals surface area contributed by atoms with Crippen LogP contribution in [0.15, 0.2) is 24.3 Å². The number of nitrogens with one attached hydrogen (secondary N) is 1. The average molecular weight is 278 g/mol. The average Bonchev–Trinajstić information content (AvgIpc) is 2.74. The van der Waals surface area contributed by atoms with Gasteiger partial charge in [0.25, 0.3) is 0 Å². The van der Waals surface area contributed by atoms with Crippen molar-refractivity contribution < 1.29 is 9.31 Å². The van der Waals surface area contributed by atoms with Crippen LogP contribution in [0.5, 0.6) is 0 Å². The number of hydrogen-bond donors (Lipinski definition) is 1. The van der Waals surface area contributed by atoms with Gasteiger partial charge < -0.3 is 5.32 Å². The Bertz CT molecular complexity index is 622. The summed E-state index contributed by atoms with van der Waals surface area (Å²) in [6, 6.07) is 5.97. The van der Waals surface area contributed by atoms with Crippen LogP contribution in [0.3, 0.4) is 0 Å². The van der Waals surface area contributed by atoms with E-state index in [0.717, 1.165) is 5.56 Å². The van der Waals surface area contributed by atoms with Crippen LogP contribution in [0, 0.1) is 15.9 Å². The van der Waals surface area contributed by atoms with E-state index in [1.54, 1.807) is 19.2 Å². The fourth-order valence-corrected chi connectivity index (χ4v) is 1.98. The normalized spacial score (nSPS) is 10.6. The number of rotatable bonds is 5. The summed E-state index contributed by atoms with van der Waals surface area (Å²) in [5.41, 5.74) is 1.27. The highest BCUT2D eigenvalue weighted by Crippen LogP contribution is 2.28. The number of aryl methyl sites for hydroxylation is 2. The molecular weight excluding hydrogens is 263 g/mol. The first-order valence-electron chi connectivity index (χ1n) is 6.21. The Morgan fingerprint density at radius 1 is 1.40 bits per heavy atom. The topological polar surface area (TPSA) is 73.0 Å². The molecule has 0 aliphatic heterocycles. The number of aromatic nitrogens is 2. The molecule has 0 saturated carbocycles. The van der Waals surface area contributed by atoms with Gasteiger partial charge in [0.2, 0.25) is 5.82 Å². The van der Waals surface area contributed by atoms with Crippen molar-refractivity contribution in [2.24, 2.45) is 7.05 Å². The van der Waals surface area contributed by atoms with Crippen LogP contribution in [0.2, 0.25) is 0 Å². The van der Waals surface area contributed by atoms with E-state index >= 15 is 0 Å². The van der Waals surface area contributed by atoms with Crippen molar-refractivity contribution in [2.45, 2.75) is 19.9 Å².